The van der Waals surface area contributed by atoms with Crippen molar-refractivity contribution in [2.75, 3.05) is 4.90 Å². The van der Waals surface area contributed by atoms with Crippen LogP contribution in [0.1, 0.15) is 0 Å². The molecule has 0 unspecified atom stereocenters. The van der Waals surface area contributed by atoms with Crippen LogP contribution < -0.4 is 4.90 Å². The SMILES string of the molecule is c1ccc(-c2ccc(-c3ccc(N(c4ccc(-c5cccc6c5sc5ccccc56)cc4)c4c(-c5ccccc5)ccc5c4oc4ccccc45)cc3)cc2)cc1. The van der Waals surface area contributed by atoms with E-state index in [9.17, 15) is 0 Å². The van der Waals surface area contributed by atoms with Gasteiger partial charge in [0.25, 0.3) is 0 Å². The third-order valence-corrected chi connectivity index (χ3v) is 12.3. The van der Waals surface area contributed by atoms with Crippen LogP contribution in [0, 0.1) is 0 Å². The molecule has 0 aliphatic carbocycles. The van der Waals surface area contributed by atoms with Gasteiger partial charge in [-0.3, -0.25) is 0 Å². The smallest absolute Gasteiger partial charge is 0.160 e. The van der Waals surface area contributed by atoms with Gasteiger partial charge in [-0.05, 0) is 81.4 Å². The Morgan fingerprint density at radius 3 is 1.53 bits per heavy atom. The molecule has 9 aromatic carbocycles. The van der Waals surface area contributed by atoms with E-state index in [1.807, 2.05) is 17.4 Å². The summed E-state index contributed by atoms with van der Waals surface area (Å²) in [4.78, 5) is 2.37. The second kappa shape index (κ2) is 13.8. The van der Waals surface area contributed by atoms with Crippen molar-refractivity contribution in [3.05, 3.63) is 212 Å². The fourth-order valence-electron chi connectivity index (χ4n) is 8.31. The van der Waals surface area contributed by atoms with Gasteiger partial charge in [0.1, 0.15) is 5.58 Å². The Morgan fingerprint density at radius 2 is 0.842 bits per heavy atom. The molecule has 57 heavy (non-hydrogen) atoms. The highest BCUT2D eigenvalue weighted by atomic mass is 32.1. The number of nitrogens with zero attached hydrogens (tertiary/aromatic N) is 1. The van der Waals surface area contributed by atoms with Crippen LogP contribution in [0.2, 0.25) is 0 Å². The Hall–Kier alpha value is -7.20. The summed E-state index contributed by atoms with van der Waals surface area (Å²) in [7, 11) is 0. The Labute approximate surface area is 335 Å². The summed E-state index contributed by atoms with van der Waals surface area (Å²) in [5.74, 6) is 0. The summed E-state index contributed by atoms with van der Waals surface area (Å²) in [5, 5.41) is 4.81. The van der Waals surface area contributed by atoms with Crippen molar-refractivity contribution in [3.63, 3.8) is 0 Å². The molecule has 2 aromatic heterocycles. The van der Waals surface area contributed by atoms with Crippen molar-refractivity contribution in [2.24, 2.45) is 0 Å². The number of para-hydroxylation sites is 1. The number of hydrogen-bond donors (Lipinski definition) is 0. The normalized spacial score (nSPS) is 11.5. The van der Waals surface area contributed by atoms with Crippen molar-refractivity contribution >= 4 is 70.5 Å². The molecule has 0 amide bonds. The van der Waals surface area contributed by atoms with E-state index < -0.39 is 0 Å². The first-order valence-electron chi connectivity index (χ1n) is 19.3. The average Bonchev–Trinajstić information content (AvgIpc) is 3.87. The van der Waals surface area contributed by atoms with Gasteiger partial charge in [-0.25, -0.2) is 0 Å². The monoisotopic (exact) mass is 745 g/mol. The van der Waals surface area contributed by atoms with Gasteiger partial charge in [-0.15, -0.1) is 11.3 Å². The lowest BCUT2D eigenvalue weighted by Gasteiger charge is -2.28. The van der Waals surface area contributed by atoms with E-state index in [1.165, 1.54) is 48.0 Å². The molecule has 0 saturated heterocycles. The lowest BCUT2D eigenvalue weighted by molar-refractivity contribution is 0.669. The second-order valence-corrected chi connectivity index (χ2v) is 15.5. The van der Waals surface area contributed by atoms with Crippen LogP contribution in [-0.4, -0.2) is 0 Å². The maximum atomic E-state index is 6.84. The van der Waals surface area contributed by atoms with Crippen LogP contribution in [-0.2, 0) is 0 Å². The molecule has 0 N–H and O–H groups in total. The zero-order valence-electron chi connectivity index (χ0n) is 31.0. The number of rotatable bonds is 7. The molecule has 0 aliphatic heterocycles. The summed E-state index contributed by atoms with van der Waals surface area (Å²) < 4.78 is 9.46. The van der Waals surface area contributed by atoms with Crippen LogP contribution in [0.4, 0.5) is 17.1 Å². The molecule has 2 heterocycles. The molecular weight excluding hydrogens is 711 g/mol. The highest BCUT2D eigenvalue weighted by molar-refractivity contribution is 7.26. The van der Waals surface area contributed by atoms with Gasteiger partial charge in [-0.1, -0.05) is 170 Å². The lowest BCUT2D eigenvalue weighted by Crippen LogP contribution is -2.11. The highest BCUT2D eigenvalue weighted by Gasteiger charge is 2.24. The summed E-state index contributed by atoms with van der Waals surface area (Å²) >= 11 is 1.87. The maximum Gasteiger partial charge on any atom is 0.160 e. The number of hydrogen-bond acceptors (Lipinski definition) is 3. The van der Waals surface area contributed by atoms with Crippen molar-refractivity contribution in [3.8, 4) is 44.5 Å². The Kier molecular flexibility index (Phi) is 8.04. The Balaban J connectivity index is 1.08. The molecule has 3 heteroatoms. The van der Waals surface area contributed by atoms with E-state index >= 15 is 0 Å². The van der Waals surface area contributed by atoms with E-state index in [-0.39, 0.29) is 0 Å². The van der Waals surface area contributed by atoms with Crippen LogP contribution >= 0.6 is 11.3 Å². The number of furan rings is 1. The van der Waals surface area contributed by atoms with Crippen molar-refractivity contribution < 1.29 is 4.42 Å². The number of thiophene rings is 1. The molecule has 0 bridgehead atoms. The standard InChI is InChI=1S/C54H35NOS/c1-3-12-36(13-4-1)37-22-24-38(25-23-37)39-26-30-42(31-27-39)55(43-32-28-41(29-33-43)45-18-11-19-49-47-17-8-10-21-51(47)57-54(45)49)52-44(40-14-5-2-6-15-40)34-35-48-46-16-7-9-20-50(46)56-53(48)52/h1-35H. The quantitative estimate of drug-likeness (QED) is 0.162. The largest absolute Gasteiger partial charge is 0.454 e. The van der Waals surface area contributed by atoms with Crippen LogP contribution in [0.15, 0.2) is 217 Å². The molecule has 0 spiro atoms. The van der Waals surface area contributed by atoms with Gasteiger partial charge in [0.15, 0.2) is 5.58 Å². The predicted molar refractivity (Wildman–Crippen MR) is 243 cm³/mol. The van der Waals surface area contributed by atoms with Crippen molar-refractivity contribution in [1.29, 1.82) is 0 Å². The van der Waals surface area contributed by atoms with E-state index in [0.717, 1.165) is 55.7 Å². The molecule has 0 atom stereocenters. The zero-order chi connectivity index (χ0) is 37.7. The first-order valence-corrected chi connectivity index (χ1v) is 20.1. The Morgan fingerprint density at radius 1 is 0.333 bits per heavy atom. The molecule has 0 aliphatic rings. The molecule has 0 radical (unpaired) electrons. The van der Waals surface area contributed by atoms with Gasteiger partial charge in [0.05, 0.1) is 5.69 Å². The van der Waals surface area contributed by atoms with Gasteiger partial charge < -0.3 is 9.32 Å². The number of fused-ring (bicyclic) bond motifs is 6. The fraction of sp³-hybridized carbons (Fsp3) is 0. The van der Waals surface area contributed by atoms with E-state index in [0.29, 0.717) is 0 Å². The summed E-state index contributed by atoms with van der Waals surface area (Å²) in [5.41, 5.74) is 14.3. The molecule has 2 nitrogen and oxygen atoms in total. The van der Waals surface area contributed by atoms with Crippen molar-refractivity contribution in [1.82, 2.24) is 0 Å². The van der Waals surface area contributed by atoms with Crippen LogP contribution in [0.3, 0.4) is 0 Å². The topological polar surface area (TPSA) is 16.4 Å². The van der Waals surface area contributed by atoms with E-state index in [4.69, 9.17) is 4.42 Å². The maximum absolute atomic E-state index is 6.84. The molecule has 0 saturated carbocycles. The number of anilines is 3. The van der Waals surface area contributed by atoms with E-state index in [1.54, 1.807) is 0 Å². The Bertz CT molecular complexity index is 3200. The van der Waals surface area contributed by atoms with Crippen molar-refractivity contribution in [2.45, 2.75) is 0 Å². The predicted octanol–water partition coefficient (Wildman–Crippen LogP) is 16.1. The third kappa shape index (κ3) is 5.80. The molecule has 268 valence electrons. The number of benzene rings is 9. The lowest BCUT2D eigenvalue weighted by atomic mass is 9.97. The molecular formula is C54H35NOS. The van der Waals surface area contributed by atoms with Crippen LogP contribution in [0.25, 0.3) is 86.6 Å². The molecule has 0 fully saturated rings. The highest BCUT2D eigenvalue weighted by Crippen LogP contribution is 2.48. The molecule has 11 aromatic rings. The summed E-state index contributed by atoms with van der Waals surface area (Å²) in [6.45, 7) is 0. The fourth-order valence-corrected chi connectivity index (χ4v) is 9.55. The third-order valence-electron chi connectivity index (χ3n) is 11.1. The zero-order valence-corrected chi connectivity index (χ0v) is 31.8. The minimum Gasteiger partial charge on any atom is -0.454 e. The minimum atomic E-state index is 0.859. The first kappa shape index (κ1) is 33.2. The van der Waals surface area contributed by atoms with Gasteiger partial charge in [-0.2, -0.15) is 0 Å². The van der Waals surface area contributed by atoms with Gasteiger partial charge >= 0.3 is 0 Å². The van der Waals surface area contributed by atoms with E-state index in [2.05, 4.69) is 211 Å². The molecule has 11 rings (SSSR count). The minimum absolute atomic E-state index is 0.859. The summed E-state index contributed by atoms with van der Waals surface area (Å²) in [6, 6.07) is 76.2. The average molecular weight is 746 g/mol. The summed E-state index contributed by atoms with van der Waals surface area (Å²) in [6.07, 6.45) is 0. The van der Waals surface area contributed by atoms with Gasteiger partial charge in [0.2, 0.25) is 0 Å². The first-order chi connectivity index (χ1) is 28.3. The van der Waals surface area contributed by atoms with Crippen LogP contribution in [0.5, 0.6) is 0 Å². The van der Waals surface area contributed by atoms with Gasteiger partial charge in [0, 0.05) is 47.9 Å². The second-order valence-electron chi connectivity index (χ2n) is 14.5.